The maximum Gasteiger partial charge on any atom is 0.250 e. The van der Waals surface area contributed by atoms with Crippen molar-refractivity contribution in [1.82, 2.24) is 19.7 Å². The first-order valence-corrected chi connectivity index (χ1v) is 7.04. The predicted octanol–water partition coefficient (Wildman–Crippen LogP) is 1.97. The number of nitrogens with zero attached hydrogens (tertiary/aromatic N) is 4. The molecule has 0 aliphatic heterocycles. The van der Waals surface area contributed by atoms with Gasteiger partial charge in [0, 0.05) is 17.6 Å². The van der Waals surface area contributed by atoms with Crippen molar-refractivity contribution < 1.29 is 4.42 Å². The molecule has 0 saturated heterocycles. The van der Waals surface area contributed by atoms with Crippen LogP contribution in [0.15, 0.2) is 39.3 Å². The first-order valence-electron chi connectivity index (χ1n) is 6.16. The summed E-state index contributed by atoms with van der Waals surface area (Å²) in [6.07, 6.45) is 3.88. The molecule has 3 heterocycles. The molecule has 0 amide bonds. The molecule has 0 aromatic carbocycles. The maximum absolute atomic E-state index is 11.9. The topological polar surface area (TPSA) is 73.8 Å². The van der Waals surface area contributed by atoms with Gasteiger partial charge in [-0.3, -0.25) is 4.79 Å². The van der Waals surface area contributed by atoms with Gasteiger partial charge in [0.05, 0.1) is 22.8 Å². The summed E-state index contributed by atoms with van der Waals surface area (Å²) >= 11 is 1.61. The van der Waals surface area contributed by atoms with E-state index in [0.717, 1.165) is 17.1 Å². The van der Waals surface area contributed by atoms with Crippen LogP contribution in [0, 0.1) is 0 Å². The van der Waals surface area contributed by atoms with Gasteiger partial charge in [0.1, 0.15) is 0 Å². The second kappa shape index (κ2) is 5.38. The van der Waals surface area contributed by atoms with Gasteiger partial charge in [-0.05, 0) is 12.5 Å². The Morgan fingerprint density at radius 1 is 1.40 bits per heavy atom. The van der Waals surface area contributed by atoms with Crippen LogP contribution >= 0.6 is 11.3 Å². The number of hydrogen-bond donors (Lipinski definition) is 0. The van der Waals surface area contributed by atoms with Crippen molar-refractivity contribution >= 4 is 11.3 Å². The zero-order valence-electron chi connectivity index (χ0n) is 10.8. The summed E-state index contributed by atoms with van der Waals surface area (Å²) < 4.78 is 6.73. The minimum atomic E-state index is -0.0840. The molecule has 0 N–H and O–H groups in total. The highest BCUT2D eigenvalue weighted by Crippen LogP contribution is 2.15. The van der Waals surface area contributed by atoms with Gasteiger partial charge >= 0.3 is 0 Å². The molecule has 0 atom stereocenters. The van der Waals surface area contributed by atoms with Crippen molar-refractivity contribution in [2.24, 2.45) is 0 Å². The van der Waals surface area contributed by atoms with Crippen LogP contribution in [0.2, 0.25) is 0 Å². The lowest BCUT2D eigenvalue weighted by molar-refractivity contribution is 0.567. The summed E-state index contributed by atoms with van der Waals surface area (Å²) in [4.78, 5) is 16.4. The van der Waals surface area contributed by atoms with E-state index in [1.807, 2.05) is 5.38 Å². The normalized spacial score (nSPS) is 10.8. The average Bonchev–Trinajstić information content (AvgIpc) is 3.12. The molecular weight excluding hydrogens is 276 g/mol. The summed E-state index contributed by atoms with van der Waals surface area (Å²) in [5.74, 6) is 0.395. The molecule has 7 heteroatoms. The Morgan fingerprint density at radius 2 is 2.30 bits per heavy atom. The molecule has 0 aliphatic rings. The molecular formula is C13H12N4O2S. The number of pyridine rings is 1. The minimum Gasteiger partial charge on any atom is -0.423 e. The van der Waals surface area contributed by atoms with Crippen LogP contribution < -0.4 is 5.56 Å². The Balaban J connectivity index is 1.92. The van der Waals surface area contributed by atoms with Crippen molar-refractivity contribution in [3.63, 3.8) is 0 Å². The molecule has 0 radical (unpaired) electrons. The Morgan fingerprint density at radius 3 is 3.00 bits per heavy atom. The number of thiazole rings is 1. The first kappa shape index (κ1) is 12.7. The summed E-state index contributed by atoms with van der Waals surface area (Å²) in [5, 5.41) is 10.5. The number of hydrogen-bond acceptors (Lipinski definition) is 6. The second-order valence-electron chi connectivity index (χ2n) is 4.21. The van der Waals surface area contributed by atoms with Crippen molar-refractivity contribution in [2.45, 2.75) is 19.9 Å². The Labute approximate surface area is 118 Å². The average molecular weight is 288 g/mol. The molecule has 0 aliphatic carbocycles. The molecule has 102 valence electrons. The van der Waals surface area contributed by atoms with E-state index in [0.29, 0.717) is 18.0 Å². The summed E-state index contributed by atoms with van der Waals surface area (Å²) in [6, 6.07) is 3.16. The standard InChI is InChI=1S/C13H12N4O2S/c1-2-11-15-10(7-20-11)6-17-5-9(3-4-12(17)18)13-16-14-8-19-13/h3-5,7-8H,2,6H2,1H3. The molecule has 0 saturated carbocycles. The van der Waals surface area contributed by atoms with Crippen LogP contribution in [0.4, 0.5) is 0 Å². The smallest absolute Gasteiger partial charge is 0.250 e. The van der Waals surface area contributed by atoms with Crippen LogP contribution in [0.5, 0.6) is 0 Å². The second-order valence-corrected chi connectivity index (χ2v) is 5.16. The van der Waals surface area contributed by atoms with Crippen molar-refractivity contribution in [3.8, 4) is 11.5 Å². The minimum absolute atomic E-state index is 0.0840. The van der Waals surface area contributed by atoms with Gasteiger partial charge < -0.3 is 8.98 Å². The van der Waals surface area contributed by atoms with Gasteiger partial charge in [0.2, 0.25) is 12.3 Å². The Hall–Kier alpha value is -2.28. The van der Waals surface area contributed by atoms with Crippen LogP contribution in [-0.4, -0.2) is 19.7 Å². The van der Waals surface area contributed by atoms with E-state index >= 15 is 0 Å². The number of rotatable bonds is 4. The quantitative estimate of drug-likeness (QED) is 0.733. The van der Waals surface area contributed by atoms with Gasteiger partial charge in [-0.2, -0.15) is 0 Å². The zero-order chi connectivity index (χ0) is 13.9. The fraction of sp³-hybridized carbons (Fsp3) is 0.231. The lowest BCUT2D eigenvalue weighted by Gasteiger charge is -2.04. The maximum atomic E-state index is 11.9. The lowest BCUT2D eigenvalue weighted by Crippen LogP contribution is -2.19. The van der Waals surface area contributed by atoms with Crippen molar-refractivity contribution in [2.75, 3.05) is 0 Å². The summed E-state index contributed by atoms with van der Waals surface area (Å²) in [6.45, 7) is 2.50. The lowest BCUT2D eigenvalue weighted by atomic mass is 10.3. The highest BCUT2D eigenvalue weighted by molar-refractivity contribution is 7.09. The molecule has 0 fully saturated rings. The van der Waals surface area contributed by atoms with Gasteiger partial charge in [0.25, 0.3) is 5.56 Å². The van der Waals surface area contributed by atoms with Crippen molar-refractivity contribution in [3.05, 3.63) is 51.2 Å². The molecule has 0 unspecified atom stereocenters. The third-order valence-corrected chi connectivity index (χ3v) is 3.87. The molecule has 0 spiro atoms. The SMILES string of the molecule is CCc1nc(Cn2cc(-c3nnco3)ccc2=O)cs1. The van der Waals surface area contributed by atoms with Crippen molar-refractivity contribution in [1.29, 1.82) is 0 Å². The highest BCUT2D eigenvalue weighted by atomic mass is 32.1. The fourth-order valence-electron chi connectivity index (χ4n) is 1.84. The van der Waals surface area contributed by atoms with Gasteiger partial charge in [-0.15, -0.1) is 21.5 Å². The van der Waals surface area contributed by atoms with E-state index < -0.39 is 0 Å². The van der Waals surface area contributed by atoms with Gasteiger partial charge in [-0.25, -0.2) is 4.98 Å². The Kier molecular flexibility index (Phi) is 3.42. The molecule has 3 aromatic rings. The fourth-order valence-corrected chi connectivity index (χ4v) is 2.57. The van der Waals surface area contributed by atoms with E-state index in [2.05, 4.69) is 22.1 Å². The van der Waals surface area contributed by atoms with Crippen LogP contribution in [0.1, 0.15) is 17.6 Å². The van der Waals surface area contributed by atoms with Crippen LogP contribution in [0.25, 0.3) is 11.5 Å². The highest BCUT2D eigenvalue weighted by Gasteiger charge is 2.08. The van der Waals surface area contributed by atoms with Crippen LogP contribution in [0.3, 0.4) is 0 Å². The molecule has 0 bridgehead atoms. The predicted molar refractivity (Wildman–Crippen MR) is 74.6 cm³/mol. The monoisotopic (exact) mass is 288 g/mol. The third-order valence-electron chi connectivity index (χ3n) is 2.82. The summed E-state index contributed by atoms with van der Waals surface area (Å²) in [7, 11) is 0. The van der Waals surface area contributed by atoms with E-state index in [-0.39, 0.29) is 5.56 Å². The largest absolute Gasteiger partial charge is 0.423 e. The summed E-state index contributed by atoms with van der Waals surface area (Å²) in [5.41, 5.74) is 1.52. The zero-order valence-corrected chi connectivity index (χ0v) is 11.6. The van der Waals surface area contributed by atoms with E-state index in [1.165, 1.54) is 12.5 Å². The number of aryl methyl sites for hydroxylation is 1. The Bertz CT molecular complexity index is 761. The first-order chi connectivity index (χ1) is 9.76. The number of aromatic nitrogens is 4. The molecule has 6 nitrogen and oxygen atoms in total. The molecule has 3 aromatic heterocycles. The van der Waals surface area contributed by atoms with E-state index in [9.17, 15) is 4.79 Å². The third kappa shape index (κ3) is 2.53. The van der Waals surface area contributed by atoms with Gasteiger partial charge in [-0.1, -0.05) is 6.92 Å². The molecule has 3 rings (SSSR count). The van der Waals surface area contributed by atoms with Crippen LogP contribution in [-0.2, 0) is 13.0 Å². The van der Waals surface area contributed by atoms with E-state index in [1.54, 1.807) is 28.2 Å². The van der Waals surface area contributed by atoms with Gasteiger partial charge in [0.15, 0.2) is 0 Å². The molecule has 20 heavy (non-hydrogen) atoms. The van der Waals surface area contributed by atoms with E-state index in [4.69, 9.17) is 4.42 Å².